The van der Waals surface area contributed by atoms with E-state index in [1.807, 2.05) is 91.9 Å². The molecule has 2 aromatic heterocycles. The van der Waals surface area contributed by atoms with Crippen molar-refractivity contribution in [3.63, 3.8) is 0 Å². The molecule has 218 valence electrons. The summed E-state index contributed by atoms with van der Waals surface area (Å²) < 4.78 is 20.7. The van der Waals surface area contributed by atoms with Gasteiger partial charge in [0.1, 0.15) is 23.1 Å². The molecule has 1 saturated heterocycles. The van der Waals surface area contributed by atoms with E-state index in [1.165, 1.54) is 0 Å². The summed E-state index contributed by atoms with van der Waals surface area (Å²) in [4.78, 5) is 15.8. The van der Waals surface area contributed by atoms with Crippen LogP contribution in [0, 0.1) is 5.92 Å². The lowest BCUT2D eigenvalue weighted by Gasteiger charge is -2.37. The molecule has 0 aliphatic carbocycles. The zero-order chi connectivity index (χ0) is 30.0. The maximum Gasteiger partial charge on any atom is 0.226 e. The van der Waals surface area contributed by atoms with Crippen LogP contribution >= 0.6 is 11.6 Å². The lowest BCUT2D eigenvalue weighted by Crippen LogP contribution is -2.37. The van der Waals surface area contributed by atoms with Crippen LogP contribution in [-0.4, -0.2) is 45.4 Å². The van der Waals surface area contributed by atoms with Crippen molar-refractivity contribution in [3.8, 4) is 5.75 Å². The number of aromatic nitrogens is 4. The second-order valence-corrected chi connectivity index (χ2v) is 10.6. The fraction of sp³-hybridized carbons (Fsp3) is 0.258. The van der Waals surface area contributed by atoms with E-state index < -0.39 is 24.0 Å². The summed E-state index contributed by atoms with van der Waals surface area (Å²) in [6.45, 7) is 2.15. The van der Waals surface area contributed by atoms with E-state index in [1.54, 1.807) is 18.0 Å². The maximum absolute atomic E-state index is 9.47. The second kappa shape index (κ2) is 11.9. The van der Waals surface area contributed by atoms with Gasteiger partial charge in [-0.15, -0.1) is 0 Å². The Hall–Kier alpha value is -4.67. The van der Waals surface area contributed by atoms with Crippen molar-refractivity contribution in [1.82, 2.24) is 19.5 Å². The van der Waals surface area contributed by atoms with Gasteiger partial charge in [0.2, 0.25) is 5.28 Å². The number of nitrogen functional groups attached to an aromatic ring is 1. The Bertz CT molecular complexity index is 1720. The normalized spacial score (nSPS) is 20.2. The number of nitrogens with two attached hydrogens (primary N) is 1. The standard InChI is InChI=1S/C31H29ClN8O3/c1-19-24(43-29(25(19)38-39-34)40-18-35-26-27(33)36-30(32)37-28(26)40)17-42-31(20-9-5-3-6-10-20,21-11-7-4-8-12-21)22-13-15-23(41-2)16-14-22/h3-16,18-19,24-25,29H,17H2,1-2H3,(H2,33,36,37)/t19-,24-,25+,29-/m1/s1. The first-order chi connectivity index (χ1) is 21.0. The van der Waals surface area contributed by atoms with Crippen LogP contribution in [0.5, 0.6) is 5.75 Å². The Morgan fingerprint density at radius 2 is 1.63 bits per heavy atom. The van der Waals surface area contributed by atoms with E-state index in [0.29, 0.717) is 11.2 Å². The molecule has 0 amide bonds. The van der Waals surface area contributed by atoms with Crippen LogP contribution in [0.1, 0.15) is 29.8 Å². The number of benzene rings is 3. The number of halogens is 1. The zero-order valence-electron chi connectivity index (χ0n) is 23.5. The van der Waals surface area contributed by atoms with Gasteiger partial charge in [0.15, 0.2) is 11.5 Å². The summed E-state index contributed by atoms with van der Waals surface area (Å²) in [5, 5.41) is 4.09. The van der Waals surface area contributed by atoms with Gasteiger partial charge >= 0.3 is 0 Å². The van der Waals surface area contributed by atoms with Crippen LogP contribution < -0.4 is 10.5 Å². The third-order valence-corrected chi connectivity index (χ3v) is 8.10. The molecule has 4 atom stereocenters. The smallest absolute Gasteiger partial charge is 0.226 e. The summed E-state index contributed by atoms with van der Waals surface area (Å²) in [6, 6.07) is 27.4. The number of fused-ring (bicyclic) bond motifs is 1. The number of nitrogens with zero attached hydrogens (tertiary/aromatic N) is 7. The van der Waals surface area contributed by atoms with E-state index in [4.69, 9.17) is 31.5 Å². The molecule has 11 nitrogen and oxygen atoms in total. The number of ether oxygens (including phenoxy) is 3. The van der Waals surface area contributed by atoms with Crippen molar-refractivity contribution in [1.29, 1.82) is 0 Å². The third-order valence-electron chi connectivity index (χ3n) is 7.93. The molecule has 1 fully saturated rings. The van der Waals surface area contributed by atoms with Crippen LogP contribution in [0.4, 0.5) is 5.82 Å². The summed E-state index contributed by atoms with van der Waals surface area (Å²) >= 11 is 6.11. The highest BCUT2D eigenvalue weighted by Crippen LogP contribution is 2.44. The van der Waals surface area contributed by atoms with E-state index >= 15 is 0 Å². The van der Waals surface area contributed by atoms with Crippen molar-refractivity contribution in [3.05, 3.63) is 124 Å². The first kappa shape index (κ1) is 28.4. The largest absolute Gasteiger partial charge is 0.497 e. The Kier molecular flexibility index (Phi) is 7.88. The minimum Gasteiger partial charge on any atom is -0.497 e. The van der Waals surface area contributed by atoms with Gasteiger partial charge in [0.05, 0.1) is 32.2 Å². The van der Waals surface area contributed by atoms with Gasteiger partial charge in [-0.2, -0.15) is 9.97 Å². The zero-order valence-corrected chi connectivity index (χ0v) is 24.2. The predicted octanol–water partition coefficient (Wildman–Crippen LogP) is 6.29. The molecule has 0 spiro atoms. The van der Waals surface area contributed by atoms with Gasteiger partial charge in [-0.05, 0) is 51.9 Å². The van der Waals surface area contributed by atoms with Gasteiger partial charge in [-0.25, -0.2) is 4.98 Å². The molecule has 12 heteroatoms. The number of rotatable bonds is 9. The molecule has 0 bridgehead atoms. The molecule has 3 heterocycles. The lowest BCUT2D eigenvalue weighted by atomic mass is 9.80. The van der Waals surface area contributed by atoms with Gasteiger partial charge in [0.25, 0.3) is 0 Å². The van der Waals surface area contributed by atoms with Gasteiger partial charge < -0.3 is 19.9 Å². The van der Waals surface area contributed by atoms with Crippen LogP contribution in [0.15, 0.2) is 96.4 Å². The van der Waals surface area contributed by atoms with Crippen LogP contribution in [-0.2, 0) is 15.1 Å². The monoisotopic (exact) mass is 596 g/mol. The highest BCUT2D eigenvalue weighted by Gasteiger charge is 2.46. The molecule has 0 unspecified atom stereocenters. The fourth-order valence-corrected chi connectivity index (χ4v) is 5.90. The summed E-state index contributed by atoms with van der Waals surface area (Å²) in [5.74, 6) is 0.659. The Balaban J connectivity index is 1.41. The minimum absolute atomic E-state index is 0.0204. The average Bonchev–Trinajstić information content (AvgIpc) is 3.59. The predicted molar refractivity (Wildman–Crippen MR) is 162 cm³/mol. The number of imidazole rings is 1. The number of azide groups is 1. The molecule has 1 aliphatic rings. The molecule has 1 aliphatic heterocycles. The van der Waals surface area contributed by atoms with Crippen molar-refractivity contribution < 1.29 is 14.2 Å². The van der Waals surface area contributed by atoms with Crippen LogP contribution in [0.3, 0.4) is 0 Å². The molecule has 43 heavy (non-hydrogen) atoms. The van der Waals surface area contributed by atoms with Gasteiger partial charge in [-0.3, -0.25) is 4.57 Å². The van der Waals surface area contributed by atoms with E-state index in [0.717, 1.165) is 22.4 Å². The number of anilines is 1. The van der Waals surface area contributed by atoms with E-state index in [9.17, 15) is 5.53 Å². The van der Waals surface area contributed by atoms with Crippen molar-refractivity contribution >= 4 is 28.6 Å². The van der Waals surface area contributed by atoms with Crippen molar-refractivity contribution in [2.45, 2.75) is 30.9 Å². The molecular formula is C31H29ClN8O3. The SMILES string of the molecule is COc1ccc(C(OC[C@H]2O[C@@H](n3cnc4c(N)nc(Cl)nc43)[C@@H](N=[N+]=[N-])[C@@H]2C)(c2ccccc2)c2ccccc2)cc1. The highest BCUT2D eigenvalue weighted by molar-refractivity contribution is 6.28. The average molecular weight is 597 g/mol. The third kappa shape index (κ3) is 5.13. The Morgan fingerprint density at radius 1 is 1.00 bits per heavy atom. The Morgan fingerprint density at radius 3 is 2.23 bits per heavy atom. The fourth-order valence-electron chi connectivity index (χ4n) is 5.73. The molecule has 2 N–H and O–H groups in total. The van der Waals surface area contributed by atoms with Gasteiger partial charge in [-0.1, -0.05) is 84.8 Å². The second-order valence-electron chi connectivity index (χ2n) is 10.3. The number of methoxy groups -OCH3 is 1. The molecule has 3 aromatic carbocycles. The molecule has 6 rings (SSSR count). The number of hydrogen-bond acceptors (Lipinski definition) is 8. The molecule has 0 saturated carbocycles. The molecule has 0 radical (unpaired) electrons. The highest BCUT2D eigenvalue weighted by atomic mass is 35.5. The molecular weight excluding hydrogens is 568 g/mol. The van der Waals surface area contributed by atoms with Crippen LogP contribution in [0.2, 0.25) is 5.28 Å². The van der Waals surface area contributed by atoms with E-state index in [-0.39, 0.29) is 23.6 Å². The lowest BCUT2D eigenvalue weighted by molar-refractivity contribution is -0.0826. The van der Waals surface area contributed by atoms with Crippen molar-refractivity contribution in [2.24, 2.45) is 11.0 Å². The van der Waals surface area contributed by atoms with Crippen LogP contribution in [0.25, 0.3) is 21.6 Å². The first-order valence-corrected chi connectivity index (χ1v) is 14.1. The summed E-state index contributed by atoms with van der Waals surface area (Å²) in [5.41, 5.74) is 18.1. The van der Waals surface area contributed by atoms with Crippen molar-refractivity contribution in [2.75, 3.05) is 19.5 Å². The molecule has 5 aromatic rings. The van der Waals surface area contributed by atoms with E-state index in [2.05, 4.69) is 25.0 Å². The maximum atomic E-state index is 9.47. The quantitative estimate of drug-likeness (QED) is 0.0691. The summed E-state index contributed by atoms with van der Waals surface area (Å²) in [6.07, 6.45) is 0.360. The number of hydrogen-bond donors (Lipinski definition) is 1. The minimum atomic E-state index is -0.985. The topological polar surface area (TPSA) is 146 Å². The Labute approximate surface area is 252 Å². The van der Waals surface area contributed by atoms with Gasteiger partial charge in [0, 0.05) is 4.91 Å². The summed E-state index contributed by atoms with van der Waals surface area (Å²) in [7, 11) is 1.64. The first-order valence-electron chi connectivity index (χ1n) is 13.7.